The normalized spacial score (nSPS) is 21.1. The zero-order chi connectivity index (χ0) is 11.4. The fourth-order valence-electron chi connectivity index (χ4n) is 1.89. The topological polar surface area (TPSA) is 80.6 Å². The monoisotopic (exact) mass is 223 g/mol. The van der Waals surface area contributed by atoms with Crippen molar-refractivity contribution in [2.45, 2.75) is 25.7 Å². The average Bonchev–Trinajstić information content (AvgIpc) is 2.30. The number of rotatable bonds is 0. The number of carbonyl (C=O) groups excluding carboxylic acids is 1. The van der Waals surface area contributed by atoms with Crippen LogP contribution in [0.1, 0.15) is 25.7 Å². The van der Waals surface area contributed by atoms with Gasteiger partial charge in [-0.3, -0.25) is 15.5 Å². The Bertz CT molecular complexity index is 319. The van der Waals surface area contributed by atoms with E-state index in [1.54, 1.807) is 0 Å². The van der Waals surface area contributed by atoms with E-state index in [0.717, 1.165) is 25.9 Å². The first-order valence-electron chi connectivity index (χ1n) is 5.71. The van der Waals surface area contributed by atoms with Gasteiger partial charge < -0.3 is 10.2 Å². The molecule has 3 N–H and O–H groups in total. The fourth-order valence-corrected chi connectivity index (χ4v) is 1.89. The lowest BCUT2D eigenvalue weighted by Crippen LogP contribution is -2.51. The lowest BCUT2D eigenvalue weighted by molar-refractivity contribution is -0.117. The molecule has 2 heterocycles. The summed E-state index contributed by atoms with van der Waals surface area (Å²) in [5.74, 6) is 0.611. The molecule has 0 aromatic carbocycles. The highest BCUT2D eigenvalue weighted by atomic mass is 16.1. The molecule has 2 rings (SSSR count). The molecule has 88 valence electrons. The van der Waals surface area contributed by atoms with Crippen LogP contribution in [-0.2, 0) is 4.79 Å². The number of nitrogens with one attached hydrogen (secondary N) is 3. The van der Waals surface area contributed by atoms with E-state index < -0.39 is 0 Å². The molecule has 1 amide bonds. The number of aliphatic imine (C=N–C) groups is 1. The number of likely N-dealkylation sites (tertiary alicyclic amines) is 1. The Balaban J connectivity index is 1.88. The minimum Gasteiger partial charge on any atom is -0.355 e. The maximum Gasteiger partial charge on any atom is 0.250 e. The first kappa shape index (κ1) is 10.9. The van der Waals surface area contributed by atoms with E-state index in [9.17, 15) is 4.79 Å². The van der Waals surface area contributed by atoms with E-state index in [-0.39, 0.29) is 5.91 Å². The Labute approximate surface area is 94.6 Å². The van der Waals surface area contributed by atoms with Crippen molar-refractivity contribution in [2.24, 2.45) is 4.99 Å². The molecule has 0 aliphatic carbocycles. The molecule has 16 heavy (non-hydrogen) atoms. The highest BCUT2D eigenvalue weighted by molar-refractivity contribution is 6.03. The number of carbonyl (C=O) groups is 1. The molecular weight excluding hydrogens is 206 g/mol. The second-order valence-corrected chi connectivity index (χ2v) is 4.05. The second-order valence-electron chi connectivity index (χ2n) is 4.05. The van der Waals surface area contributed by atoms with Crippen molar-refractivity contribution >= 4 is 17.8 Å². The van der Waals surface area contributed by atoms with Gasteiger partial charge >= 0.3 is 0 Å². The zero-order valence-corrected chi connectivity index (χ0v) is 9.25. The highest BCUT2D eigenvalue weighted by Gasteiger charge is 2.16. The summed E-state index contributed by atoms with van der Waals surface area (Å²) in [6, 6.07) is 0. The molecule has 0 aromatic heterocycles. The first-order valence-corrected chi connectivity index (χ1v) is 5.71. The lowest BCUT2D eigenvalue weighted by atomic mass is 10.1. The van der Waals surface area contributed by atoms with Gasteiger partial charge in [0, 0.05) is 26.1 Å². The predicted molar refractivity (Wildman–Crippen MR) is 61.3 cm³/mol. The van der Waals surface area contributed by atoms with Gasteiger partial charge in [0.1, 0.15) is 0 Å². The molecule has 0 radical (unpaired) electrons. The summed E-state index contributed by atoms with van der Waals surface area (Å²) >= 11 is 0. The van der Waals surface area contributed by atoms with Gasteiger partial charge in [0.15, 0.2) is 5.96 Å². The standard InChI is InChI=1S/C10H17N5O/c11-9(15-6-2-1-3-7-15)14-10-12-5-4-8(16)13-10/h1-7H2,(H3,11,12,13,14,16). The SMILES string of the molecule is N=C(NC1=NC(=O)CCN1)N1CCCCC1. The molecule has 2 aliphatic heterocycles. The van der Waals surface area contributed by atoms with Crippen LogP contribution >= 0.6 is 0 Å². The van der Waals surface area contributed by atoms with Crippen molar-refractivity contribution in [3.63, 3.8) is 0 Å². The summed E-state index contributed by atoms with van der Waals surface area (Å²) in [6.07, 6.45) is 3.93. The summed E-state index contributed by atoms with van der Waals surface area (Å²) in [4.78, 5) is 16.9. The van der Waals surface area contributed by atoms with Gasteiger partial charge in [-0.05, 0) is 19.3 Å². The van der Waals surface area contributed by atoms with Crippen LogP contribution in [0.25, 0.3) is 0 Å². The summed E-state index contributed by atoms with van der Waals surface area (Å²) < 4.78 is 0. The van der Waals surface area contributed by atoms with Crippen LogP contribution in [0.15, 0.2) is 4.99 Å². The number of hydrogen-bond acceptors (Lipinski definition) is 3. The highest BCUT2D eigenvalue weighted by Crippen LogP contribution is 2.07. The third-order valence-corrected chi connectivity index (χ3v) is 2.78. The molecule has 2 aliphatic rings. The third-order valence-electron chi connectivity index (χ3n) is 2.78. The Morgan fingerprint density at radius 1 is 1.38 bits per heavy atom. The van der Waals surface area contributed by atoms with E-state index in [2.05, 4.69) is 15.6 Å². The van der Waals surface area contributed by atoms with Gasteiger partial charge in [-0.25, -0.2) is 0 Å². The number of hydrogen-bond donors (Lipinski definition) is 3. The van der Waals surface area contributed by atoms with Crippen molar-refractivity contribution in [3.05, 3.63) is 0 Å². The summed E-state index contributed by atoms with van der Waals surface area (Å²) in [6.45, 7) is 2.41. The molecule has 1 saturated heterocycles. The number of guanidine groups is 2. The van der Waals surface area contributed by atoms with Gasteiger partial charge in [-0.2, -0.15) is 4.99 Å². The van der Waals surface area contributed by atoms with Gasteiger partial charge in [0.2, 0.25) is 5.96 Å². The van der Waals surface area contributed by atoms with Gasteiger partial charge in [-0.1, -0.05) is 0 Å². The van der Waals surface area contributed by atoms with Crippen LogP contribution in [0, 0.1) is 5.41 Å². The number of amides is 1. The van der Waals surface area contributed by atoms with Crippen LogP contribution in [0.2, 0.25) is 0 Å². The third kappa shape index (κ3) is 2.71. The Morgan fingerprint density at radius 2 is 2.12 bits per heavy atom. The van der Waals surface area contributed by atoms with E-state index >= 15 is 0 Å². The Hall–Kier alpha value is -1.59. The molecule has 0 unspecified atom stereocenters. The summed E-state index contributed by atoms with van der Waals surface area (Å²) in [7, 11) is 0. The first-order chi connectivity index (χ1) is 7.75. The molecule has 6 nitrogen and oxygen atoms in total. The maximum absolute atomic E-state index is 11.1. The largest absolute Gasteiger partial charge is 0.355 e. The van der Waals surface area contributed by atoms with Crippen molar-refractivity contribution in [3.8, 4) is 0 Å². The molecular formula is C10H17N5O. The van der Waals surface area contributed by atoms with Crippen LogP contribution in [0.4, 0.5) is 0 Å². The van der Waals surface area contributed by atoms with Gasteiger partial charge in [0.05, 0.1) is 0 Å². The Morgan fingerprint density at radius 3 is 2.81 bits per heavy atom. The molecule has 0 aromatic rings. The van der Waals surface area contributed by atoms with E-state index in [1.807, 2.05) is 4.90 Å². The molecule has 6 heteroatoms. The smallest absolute Gasteiger partial charge is 0.250 e. The molecule has 0 bridgehead atoms. The van der Waals surface area contributed by atoms with Gasteiger partial charge in [-0.15, -0.1) is 0 Å². The minimum atomic E-state index is -0.132. The van der Waals surface area contributed by atoms with Crippen LogP contribution in [0.5, 0.6) is 0 Å². The lowest BCUT2D eigenvalue weighted by Gasteiger charge is -2.29. The van der Waals surface area contributed by atoms with Crippen molar-refractivity contribution in [1.29, 1.82) is 5.41 Å². The minimum absolute atomic E-state index is 0.132. The average molecular weight is 223 g/mol. The van der Waals surface area contributed by atoms with E-state index in [0.29, 0.717) is 24.9 Å². The van der Waals surface area contributed by atoms with Crippen LogP contribution in [0.3, 0.4) is 0 Å². The molecule has 0 saturated carbocycles. The van der Waals surface area contributed by atoms with E-state index in [1.165, 1.54) is 6.42 Å². The number of piperidine rings is 1. The molecule has 1 fully saturated rings. The Kier molecular flexibility index (Phi) is 3.38. The van der Waals surface area contributed by atoms with Crippen molar-refractivity contribution < 1.29 is 4.79 Å². The molecule has 0 spiro atoms. The van der Waals surface area contributed by atoms with Crippen LogP contribution < -0.4 is 10.6 Å². The number of nitrogens with zero attached hydrogens (tertiary/aromatic N) is 2. The zero-order valence-electron chi connectivity index (χ0n) is 9.25. The summed E-state index contributed by atoms with van der Waals surface area (Å²) in [5, 5.41) is 13.7. The second kappa shape index (κ2) is 4.96. The quantitative estimate of drug-likeness (QED) is 0.395. The predicted octanol–water partition coefficient (Wildman–Crippen LogP) is -0.127. The van der Waals surface area contributed by atoms with Crippen molar-refractivity contribution in [1.82, 2.24) is 15.5 Å². The van der Waals surface area contributed by atoms with Crippen molar-refractivity contribution in [2.75, 3.05) is 19.6 Å². The molecule has 0 atom stereocenters. The maximum atomic E-state index is 11.1. The fraction of sp³-hybridized carbons (Fsp3) is 0.700. The van der Waals surface area contributed by atoms with Crippen LogP contribution in [-0.4, -0.2) is 42.4 Å². The van der Waals surface area contributed by atoms with E-state index in [4.69, 9.17) is 5.41 Å². The van der Waals surface area contributed by atoms with Gasteiger partial charge in [0.25, 0.3) is 5.91 Å². The summed E-state index contributed by atoms with van der Waals surface area (Å²) in [5.41, 5.74) is 0.